The molecule has 0 bridgehead atoms. The van der Waals surface area contributed by atoms with Crippen LogP contribution in [0.5, 0.6) is 0 Å². The molecule has 0 aromatic carbocycles. The van der Waals surface area contributed by atoms with E-state index in [1.807, 2.05) is 21.1 Å². The van der Waals surface area contributed by atoms with Crippen LogP contribution in [0.15, 0.2) is 48.6 Å². The lowest BCUT2D eigenvalue weighted by atomic mass is 10.0. The lowest BCUT2D eigenvalue weighted by molar-refractivity contribution is -0.870. The molecule has 0 heterocycles. The number of rotatable bonds is 58. The number of unbranched alkanes of at least 4 members (excludes halogenated alkanes) is 37. The number of carbonyl (C=O) groups is 1. The Balaban J connectivity index is 4.01. The highest BCUT2D eigenvalue weighted by Gasteiger charge is 2.28. The van der Waals surface area contributed by atoms with Crippen molar-refractivity contribution in [1.29, 1.82) is 0 Å². The van der Waals surface area contributed by atoms with Crippen LogP contribution >= 0.6 is 7.82 Å². The summed E-state index contributed by atoms with van der Waals surface area (Å²) in [6.07, 6.45) is 73.3. The average Bonchev–Trinajstić information content (AvgIpc) is 3.35. The second-order valence-corrected chi connectivity index (χ2v) is 24.2. The molecule has 3 atom stereocenters. The Morgan fingerprint density at radius 3 is 1.21 bits per heavy atom. The average molecular weight is 1050 g/mol. The van der Waals surface area contributed by atoms with E-state index in [0.29, 0.717) is 23.9 Å². The number of quaternary nitrogens is 1. The molecule has 0 aromatic heterocycles. The van der Waals surface area contributed by atoms with Crippen molar-refractivity contribution >= 4 is 13.7 Å². The number of nitrogens with zero attached hydrogens (tertiary/aromatic N) is 1. The zero-order chi connectivity index (χ0) is 53.5. The van der Waals surface area contributed by atoms with Gasteiger partial charge in [0.2, 0.25) is 5.91 Å². The summed E-state index contributed by atoms with van der Waals surface area (Å²) in [5.41, 5.74) is 0. The van der Waals surface area contributed by atoms with E-state index < -0.39 is 20.0 Å². The van der Waals surface area contributed by atoms with Gasteiger partial charge >= 0.3 is 7.82 Å². The molecule has 8 nitrogen and oxygen atoms in total. The van der Waals surface area contributed by atoms with Crippen LogP contribution in [0.4, 0.5) is 0 Å². The molecule has 3 unspecified atom stereocenters. The van der Waals surface area contributed by atoms with Crippen molar-refractivity contribution in [3.63, 3.8) is 0 Å². The van der Waals surface area contributed by atoms with Crippen molar-refractivity contribution in [2.45, 2.75) is 315 Å². The maximum Gasteiger partial charge on any atom is 0.472 e. The largest absolute Gasteiger partial charge is 0.472 e. The van der Waals surface area contributed by atoms with E-state index in [1.165, 1.54) is 212 Å². The summed E-state index contributed by atoms with van der Waals surface area (Å²) in [7, 11) is 1.63. The smallest absolute Gasteiger partial charge is 0.391 e. The van der Waals surface area contributed by atoms with Gasteiger partial charge in [0.15, 0.2) is 0 Å². The van der Waals surface area contributed by atoms with Crippen LogP contribution in [0.3, 0.4) is 0 Å². The third-order valence-electron chi connectivity index (χ3n) is 14.3. The molecule has 9 heteroatoms. The lowest BCUT2D eigenvalue weighted by Gasteiger charge is -2.26. The van der Waals surface area contributed by atoms with Gasteiger partial charge in [0.1, 0.15) is 13.2 Å². The molecule has 0 fully saturated rings. The predicted molar refractivity (Wildman–Crippen MR) is 318 cm³/mol. The van der Waals surface area contributed by atoms with Gasteiger partial charge in [-0.3, -0.25) is 13.8 Å². The quantitative estimate of drug-likeness (QED) is 0.0243. The summed E-state index contributed by atoms with van der Waals surface area (Å²) < 4.78 is 23.8. The minimum atomic E-state index is -4.32. The number of nitrogens with one attached hydrogen (secondary N) is 1. The first-order valence-corrected chi connectivity index (χ1v) is 33.0. The summed E-state index contributed by atoms with van der Waals surface area (Å²) in [5.74, 6) is -0.139. The highest BCUT2D eigenvalue weighted by atomic mass is 31.2. The number of phosphoric acid groups is 1. The van der Waals surface area contributed by atoms with Crippen molar-refractivity contribution in [2.75, 3.05) is 40.9 Å². The molecule has 3 N–H and O–H groups in total. The molecule has 0 aliphatic heterocycles. The van der Waals surface area contributed by atoms with Crippen LogP contribution in [-0.2, 0) is 18.4 Å². The number of amides is 1. The van der Waals surface area contributed by atoms with E-state index >= 15 is 0 Å². The van der Waals surface area contributed by atoms with Gasteiger partial charge in [0, 0.05) is 6.42 Å². The highest BCUT2D eigenvalue weighted by Crippen LogP contribution is 2.43. The highest BCUT2D eigenvalue weighted by molar-refractivity contribution is 7.47. The van der Waals surface area contributed by atoms with E-state index in [-0.39, 0.29) is 19.1 Å². The molecule has 430 valence electrons. The molecular formula is C64H124N2O6P+. The molecule has 0 aliphatic carbocycles. The van der Waals surface area contributed by atoms with E-state index in [0.717, 1.165) is 64.2 Å². The van der Waals surface area contributed by atoms with E-state index in [4.69, 9.17) is 9.05 Å². The molecule has 1 amide bonds. The lowest BCUT2D eigenvalue weighted by Crippen LogP contribution is -2.46. The molecule has 0 aliphatic rings. The van der Waals surface area contributed by atoms with Gasteiger partial charge in [-0.15, -0.1) is 0 Å². The van der Waals surface area contributed by atoms with Crippen LogP contribution in [0.25, 0.3) is 0 Å². The van der Waals surface area contributed by atoms with Crippen LogP contribution in [-0.4, -0.2) is 73.4 Å². The van der Waals surface area contributed by atoms with Gasteiger partial charge < -0.3 is 19.8 Å². The zero-order valence-electron chi connectivity index (χ0n) is 49.1. The summed E-state index contributed by atoms with van der Waals surface area (Å²) in [6.45, 7) is 4.82. The summed E-state index contributed by atoms with van der Waals surface area (Å²) in [5, 5.41) is 14.1. The molecule has 0 rings (SSSR count). The number of aliphatic hydroxyl groups excluding tert-OH is 1. The number of hydrogen-bond acceptors (Lipinski definition) is 5. The predicted octanol–water partition coefficient (Wildman–Crippen LogP) is 19.5. The SMILES string of the molecule is CC/C=C\C/C=C\C/C=C\C/C=C\CCCCCCCCCCCCCCCCCCCCCCC(=O)NC(COP(=O)(O)OCC[N+](C)(C)C)C(O)CCCCCCCCCCCCCCCCCCCC. The molecule has 73 heavy (non-hydrogen) atoms. The second kappa shape index (κ2) is 55.2. The normalized spacial score (nSPS) is 14.1. The van der Waals surface area contributed by atoms with Gasteiger partial charge in [-0.05, 0) is 51.4 Å². The summed E-state index contributed by atoms with van der Waals surface area (Å²) in [4.78, 5) is 23.4. The van der Waals surface area contributed by atoms with E-state index in [1.54, 1.807) is 0 Å². The van der Waals surface area contributed by atoms with Crippen LogP contribution < -0.4 is 5.32 Å². The van der Waals surface area contributed by atoms with Crippen LogP contribution in [0.2, 0.25) is 0 Å². The maximum atomic E-state index is 13.0. The number of aliphatic hydroxyl groups is 1. The Morgan fingerprint density at radius 2 is 0.822 bits per heavy atom. The first kappa shape index (κ1) is 71.5. The van der Waals surface area contributed by atoms with Gasteiger partial charge in [0.05, 0.1) is 39.9 Å². The number of phosphoric ester groups is 1. The van der Waals surface area contributed by atoms with Gasteiger partial charge in [-0.2, -0.15) is 0 Å². The maximum absolute atomic E-state index is 13.0. The van der Waals surface area contributed by atoms with E-state index in [9.17, 15) is 19.4 Å². The van der Waals surface area contributed by atoms with Crippen molar-refractivity contribution in [2.24, 2.45) is 0 Å². The van der Waals surface area contributed by atoms with E-state index in [2.05, 4.69) is 67.8 Å². The minimum Gasteiger partial charge on any atom is -0.391 e. The summed E-state index contributed by atoms with van der Waals surface area (Å²) >= 11 is 0. The molecule has 0 saturated heterocycles. The molecule has 0 radical (unpaired) electrons. The Hall–Kier alpha value is -1.54. The standard InChI is InChI=1S/C64H123N2O6P/c1-6-8-10-12-14-16-18-20-22-24-26-27-28-29-30-31-32-33-34-35-36-37-38-39-40-42-44-46-48-50-52-54-56-58-64(68)65-62(61-72-73(69,70)71-60-59-66(3,4)5)63(67)57-55-53-51-49-47-45-43-41-25-23-21-19-17-15-13-11-9-7-2/h8,10,14,16,20,22,26-27,62-63,67H,6-7,9,11-13,15,17-19,21,23-25,28-61H2,1-5H3,(H-,65,68,69,70)/p+1/b10-8-,16-14-,22-20-,27-26-. The molecule has 0 spiro atoms. The number of allylic oxidation sites excluding steroid dienone is 8. The van der Waals surface area contributed by atoms with Crippen molar-refractivity contribution in [3.05, 3.63) is 48.6 Å². The third-order valence-corrected chi connectivity index (χ3v) is 15.3. The van der Waals surface area contributed by atoms with Gasteiger partial charge in [-0.25, -0.2) is 4.57 Å². The van der Waals surface area contributed by atoms with Crippen molar-refractivity contribution in [3.8, 4) is 0 Å². The van der Waals surface area contributed by atoms with Crippen LogP contribution in [0.1, 0.15) is 303 Å². The molecular weight excluding hydrogens is 924 g/mol. The van der Waals surface area contributed by atoms with Crippen LogP contribution in [0, 0.1) is 0 Å². The molecule has 0 saturated carbocycles. The second-order valence-electron chi connectivity index (χ2n) is 22.8. The first-order chi connectivity index (χ1) is 35.5. The fourth-order valence-corrected chi connectivity index (χ4v) is 10.2. The Morgan fingerprint density at radius 1 is 0.479 bits per heavy atom. The fourth-order valence-electron chi connectivity index (χ4n) is 9.45. The van der Waals surface area contributed by atoms with Crippen molar-refractivity contribution in [1.82, 2.24) is 5.32 Å². The third kappa shape index (κ3) is 58.0. The number of carbonyl (C=O) groups excluding carboxylic acids is 1. The fraction of sp³-hybridized carbons (Fsp3) is 0.859. The Labute approximate surface area is 454 Å². The number of hydrogen-bond donors (Lipinski definition) is 3. The monoisotopic (exact) mass is 1050 g/mol. The van der Waals surface area contributed by atoms with Gasteiger partial charge in [0.25, 0.3) is 0 Å². The Kier molecular flexibility index (Phi) is 54.1. The summed E-state index contributed by atoms with van der Waals surface area (Å²) in [6, 6.07) is -0.760. The molecule has 0 aromatic rings. The minimum absolute atomic E-state index is 0.0761. The first-order valence-electron chi connectivity index (χ1n) is 31.5. The van der Waals surface area contributed by atoms with Gasteiger partial charge in [-0.1, -0.05) is 294 Å². The van der Waals surface area contributed by atoms with Crippen molar-refractivity contribution < 1.29 is 32.9 Å². The number of likely N-dealkylation sites (N-methyl/N-ethyl adjacent to an activating group) is 1. The Bertz CT molecular complexity index is 1330. The topological polar surface area (TPSA) is 105 Å². The zero-order valence-corrected chi connectivity index (χ0v) is 50.0.